The molecule has 1 saturated heterocycles. The Balaban J connectivity index is 1.63. The van der Waals surface area contributed by atoms with Crippen LogP contribution in [0, 0.1) is 0 Å². The number of hydrogen-bond acceptors (Lipinski definition) is 6. The largest absolute Gasteiger partial charge is 0.495 e. The molecule has 1 aliphatic heterocycles. The summed E-state index contributed by atoms with van der Waals surface area (Å²) in [4.78, 5) is 24.5. The lowest BCUT2D eigenvalue weighted by molar-refractivity contribution is -0.116. The summed E-state index contributed by atoms with van der Waals surface area (Å²) in [7, 11) is -2.28. The standard InChI is InChI=1S/C21H25N3O6S/c1-29-19-8-7-17(31(27,28)24-11-13-30-14-12-24)15-18(19)23-20(25)9-10-22-21(26)16-5-3-2-4-6-16/h2-8,15H,9-14H2,1H3,(H,22,26)(H,23,25). The fraction of sp³-hybridized carbons (Fsp3) is 0.333. The quantitative estimate of drug-likeness (QED) is 0.634. The minimum absolute atomic E-state index is 0.0160. The van der Waals surface area contributed by atoms with Crippen molar-refractivity contribution in [1.82, 2.24) is 9.62 Å². The second-order valence-electron chi connectivity index (χ2n) is 6.80. The van der Waals surface area contributed by atoms with Crippen LogP contribution in [0.1, 0.15) is 16.8 Å². The summed E-state index contributed by atoms with van der Waals surface area (Å²) in [6.07, 6.45) is 0.0160. The molecule has 3 rings (SSSR count). The molecule has 2 N–H and O–H groups in total. The van der Waals surface area contributed by atoms with Crippen LogP contribution in [-0.4, -0.2) is 64.5 Å². The number of sulfonamides is 1. The molecule has 1 heterocycles. The number of methoxy groups -OCH3 is 1. The van der Waals surface area contributed by atoms with Gasteiger partial charge in [0, 0.05) is 31.6 Å². The van der Waals surface area contributed by atoms with Crippen LogP contribution in [-0.2, 0) is 19.6 Å². The fourth-order valence-electron chi connectivity index (χ4n) is 3.08. The van der Waals surface area contributed by atoms with Gasteiger partial charge in [-0.1, -0.05) is 18.2 Å². The first kappa shape index (κ1) is 22.7. The van der Waals surface area contributed by atoms with Gasteiger partial charge in [-0.25, -0.2) is 8.42 Å². The van der Waals surface area contributed by atoms with Crippen LogP contribution < -0.4 is 15.4 Å². The maximum Gasteiger partial charge on any atom is 0.251 e. The van der Waals surface area contributed by atoms with Crippen LogP contribution in [0.15, 0.2) is 53.4 Å². The number of benzene rings is 2. The summed E-state index contributed by atoms with van der Waals surface area (Å²) in [6.45, 7) is 1.36. The Labute approximate surface area is 181 Å². The zero-order chi connectivity index (χ0) is 22.3. The maximum absolute atomic E-state index is 12.9. The summed E-state index contributed by atoms with van der Waals surface area (Å²) in [5.41, 5.74) is 0.752. The summed E-state index contributed by atoms with van der Waals surface area (Å²) >= 11 is 0. The lowest BCUT2D eigenvalue weighted by Crippen LogP contribution is -2.40. The van der Waals surface area contributed by atoms with E-state index in [1.54, 1.807) is 24.3 Å². The zero-order valence-electron chi connectivity index (χ0n) is 17.2. The van der Waals surface area contributed by atoms with E-state index in [9.17, 15) is 18.0 Å². The van der Waals surface area contributed by atoms with Gasteiger partial charge in [-0.05, 0) is 30.3 Å². The molecule has 2 amide bonds. The molecule has 2 aromatic rings. The van der Waals surface area contributed by atoms with E-state index in [1.165, 1.54) is 29.6 Å². The highest BCUT2D eigenvalue weighted by Gasteiger charge is 2.27. The Morgan fingerprint density at radius 1 is 1.10 bits per heavy atom. The average Bonchev–Trinajstić information content (AvgIpc) is 2.80. The molecule has 31 heavy (non-hydrogen) atoms. The molecule has 0 aliphatic carbocycles. The minimum Gasteiger partial charge on any atom is -0.495 e. The van der Waals surface area contributed by atoms with Crippen LogP contribution in [0.25, 0.3) is 0 Å². The SMILES string of the molecule is COc1ccc(S(=O)(=O)N2CCOCC2)cc1NC(=O)CCNC(=O)c1ccccc1. The van der Waals surface area contributed by atoms with Gasteiger partial charge in [0.25, 0.3) is 5.91 Å². The molecule has 10 heteroatoms. The van der Waals surface area contributed by atoms with E-state index in [0.29, 0.717) is 24.5 Å². The molecule has 0 unspecified atom stereocenters. The van der Waals surface area contributed by atoms with Gasteiger partial charge in [0.15, 0.2) is 0 Å². The second kappa shape index (κ2) is 10.4. The Bertz CT molecular complexity index is 1020. The number of carbonyl (C=O) groups is 2. The molecule has 0 aromatic heterocycles. The van der Waals surface area contributed by atoms with Crippen LogP contribution in [0.3, 0.4) is 0 Å². The number of nitrogens with zero attached hydrogens (tertiary/aromatic N) is 1. The smallest absolute Gasteiger partial charge is 0.251 e. The molecular weight excluding hydrogens is 422 g/mol. The molecule has 0 saturated carbocycles. The van der Waals surface area contributed by atoms with Gasteiger partial charge in [-0.3, -0.25) is 9.59 Å². The van der Waals surface area contributed by atoms with Gasteiger partial charge in [0.05, 0.1) is 30.9 Å². The number of morpholine rings is 1. The van der Waals surface area contributed by atoms with Crippen molar-refractivity contribution in [3.8, 4) is 5.75 Å². The van der Waals surface area contributed by atoms with E-state index < -0.39 is 10.0 Å². The van der Waals surface area contributed by atoms with E-state index in [4.69, 9.17) is 9.47 Å². The Morgan fingerprint density at radius 3 is 2.48 bits per heavy atom. The highest BCUT2D eigenvalue weighted by Crippen LogP contribution is 2.29. The predicted octanol–water partition coefficient (Wildman–Crippen LogP) is 1.47. The lowest BCUT2D eigenvalue weighted by Gasteiger charge is -2.26. The topological polar surface area (TPSA) is 114 Å². The molecule has 0 atom stereocenters. The van der Waals surface area contributed by atoms with Crippen molar-refractivity contribution in [3.05, 3.63) is 54.1 Å². The van der Waals surface area contributed by atoms with Gasteiger partial charge >= 0.3 is 0 Å². The molecule has 0 bridgehead atoms. The van der Waals surface area contributed by atoms with Gasteiger partial charge in [0.2, 0.25) is 15.9 Å². The van der Waals surface area contributed by atoms with E-state index in [2.05, 4.69) is 10.6 Å². The van der Waals surface area contributed by atoms with Crippen LogP contribution in [0.5, 0.6) is 5.75 Å². The van der Waals surface area contributed by atoms with E-state index in [1.807, 2.05) is 6.07 Å². The van der Waals surface area contributed by atoms with Crippen molar-refractivity contribution in [2.24, 2.45) is 0 Å². The number of ether oxygens (including phenoxy) is 2. The summed E-state index contributed by atoms with van der Waals surface area (Å²) < 4.78 is 37.6. The van der Waals surface area contributed by atoms with Crippen molar-refractivity contribution in [3.63, 3.8) is 0 Å². The van der Waals surface area contributed by atoms with Crippen molar-refractivity contribution in [2.45, 2.75) is 11.3 Å². The molecule has 0 radical (unpaired) electrons. The van der Waals surface area contributed by atoms with E-state index in [0.717, 1.165) is 0 Å². The Kier molecular flexibility index (Phi) is 7.61. The van der Waals surface area contributed by atoms with Crippen molar-refractivity contribution >= 4 is 27.5 Å². The molecule has 2 aromatic carbocycles. The maximum atomic E-state index is 12.9. The van der Waals surface area contributed by atoms with Crippen molar-refractivity contribution in [1.29, 1.82) is 0 Å². The molecule has 1 fully saturated rings. The van der Waals surface area contributed by atoms with E-state index in [-0.39, 0.29) is 48.5 Å². The first-order valence-electron chi connectivity index (χ1n) is 9.81. The minimum atomic E-state index is -3.71. The number of anilines is 1. The summed E-state index contributed by atoms with van der Waals surface area (Å²) in [6, 6.07) is 13.0. The van der Waals surface area contributed by atoms with E-state index >= 15 is 0 Å². The van der Waals surface area contributed by atoms with Gasteiger partial charge in [0.1, 0.15) is 5.75 Å². The molecular formula is C21H25N3O6S. The predicted molar refractivity (Wildman–Crippen MR) is 115 cm³/mol. The first-order valence-corrected chi connectivity index (χ1v) is 11.2. The van der Waals surface area contributed by atoms with Crippen LogP contribution in [0.4, 0.5) is 5.69 Å². The molecule has 1 aliphatic rings. The van der Waals surface area contributed by atoms with Gasteiger partial charge in [-0.2, -0.15) is 4.31 Å². The molecule has 9 nitrogen and oxygen atoms in total. The Hall–Kier alpha value is -2.95. The first-order chi connectivity index (χ1) is 14.9. The highest BCUT2D eigenvalue weighted by atomic mass is 32.2. The highest BCUT2D eigenvalue weighted by molar-refractivity contribution is 7.89. The van der Waals surface area contributed by atoms with Gasteiger partial charge < -0.3 is 20.1 Å². The number of nitrogens with one attached hydrogen (secondary N) is 2. The third-order valence-electron chi connectivity index (χ3n) is 4.73. The van der Waals surface area contributed by atoms with Crippen LogP contribution >= 0.6 is 0 Å². The van der Waals surface area contributed by atoms with Crippen molar-refractivity contribution < 1.29 is 27.5 Å². The number of amides is 2. The zero-order valence-corrected chi connectivity index (χ0v) is 18.0. The third-order valence-corrected chi connectivity index (χ3v) is 6.62. The third kappa shape index (κ3) is 5.81. The number of hydrogen-bond donors (Lipinski definition) is 2. The van der Waals surface area contributed by atoms with Crippen LogP contribution in [0.2, 0.25) is 0 Å². The molecule has 166 valence electrons. The average molecular weight is 448 g/mol. The van der Waals surface area contributed by atoms with Crippen molar-refractivity contribution in [2.75, 3.05) is 45.3 Å². The normalized spacial score (nSPS) is 14.6. The summed E-state index contributed by atoms with van der Waals surface area (Å²) in [5, 5.41) is 5.34. The number of rotatable bonds is 8. The Morgan fingerprint density at radius 2 is 1.81 bits per heavy atom. The summed E-state index contributed by atoms with van der Waals surface area (Å²) in [5.74, 6) is -0.320. The fourth-order valence-corrected chi connectivity index (χ4v) is 4.51. The lowest BCUT2D eigenvalue weighted by atomic mass is 10.2. The monoisotopic (exact) mass is 447 g/mol. The second-order valence-corrected chi connectivity index (χ2v) is 8.74. The molecule has 0 spiro atoms. The number of carbonyl (C=O) groups excluding carboxylic acids is 2. The van der Waals surface area contributed by atoms with Gasteiger partial charge in [-0.15, -0.1) is 0 Å².